The average Bonchev–Trinajstić information content (AvgIpc) is 1.90. The summed E-state index contributed by atoms with van der Waals surface area (Å²) in [6.07, 6.45) is 0. The van der Waals surface area contributed by atoms with Crippen molar-refractivity contribution >= 4 is 13.3 Å². The Bertz CT molecular complexity index is 201. The molecule has 0 aliphatic rings. The lowest BCUT2D eigenvalue weighted by molar-refractivity contribution is 1.65. The van der Waals surface area contributed by atoms with Crippen molar-refractivity contribution in [2.24, 2.45) is 0 Å². The van der Waals surface area contributed by atoms with Crippen LogP contribution in [0.5, 0.6) is 0 Å². The van der Waals surface area contributed by atoms with E-state index in [2.05, 4.69) is 0 Å². The molecular formula is C8H8B. The Morgan fingerprint density at radius 2 is 1.78 bits per heavy atom. The number of hydrogen-bond donors (Lipinski definition) is 0. The van der Waals surface area contributed by atoms with Crippen LogP contribution >= 0.6 is 0 Å². The lowest BCUT2D eigenvalue weighted by atomic mass is 9.90. The third-order valence-electron chi connectivity index (χ3n) is 1.23. The van der Waals surface area contributed by atoms with Crippen LogP contribution in [-0.4, -0.2) is 7.85 Å². The molecule has 0 unspecified atom stereocenters. The van der Waals surface area contributed by atoms with Crippen molar-refractivity contribution in [3.8, 4) is 0 Å². The molecule has 0 bridgehead atoms. The second-order valence-electron chi connectivity index (χ2n) is 2.05. The van der Waals surface area contributed by atoms with Crippen LogP contribution < -0.4 is 0 Å². The van der Waals surface area contributed by atoms with E-state index < -0.39 is 0 Å². The summed E-state index contributed by atoms with van der Waals surface area (Å²) in [4.78, 5) is 0. The highest BCUT2D eigenvalue weighted by molar-refractivity contribution is 6.41. The molecule has 0 aromatic heterocycles. The topological polar surface area (TPSA) is 0 Å². The van der Waals surface area contributed by atoms with Gasteiger partial charge in [0.1, 0.15) is 7.85 Å². The highest BCUT2D eigenvalue weighted by atomic mass is 13.9. The van der Waals surface area contributed by atoms with Crippen molar-refractivity contribution < 1.29 is 0 Å². The van der Waals surface area contributed by atoms with Gasteiger partial charge in [-0.3, -0.25) is 0 Å². The van der Waals surface area contributed by atoms with Crippen LogP contribution in [0.2, 0.25) is 0 Å². The summed E-state index contributed by atoms with van der Waals surface area (Å²) in [5.74, 6) is 0. The molecule has 0 spiro atoms. The third-order valence-corrected chi connectivity index (χ3v) is 1.23. The average molecular weight is 115 g/mol. The van der Waals surface area contributed by atoms with Gasteiger partial charge >= 0.3 is 0 Å². The van der Waals surface area contributed by atoms with Gasteiger partial charge in [-0.15, -0.1) is 0 Å². The molecule has 9 heavy (non-hydrogen) atoms. The van der Waals surface area contributed by atoms with Gasteiger partial charge in [-0.05, 0) is 5.56 Å². The van der Waals surface area contributed by atoms with Crippen molar-refractivity contribution in [1.82, 2.24) is 0 Å². The van der Waals surface area contributed by atoms with Crippen LogP contribution in [0.3, 0.4) is 0 Å². The largest absolute Gasteiger partial charge is 0.140 e. The minimum Gasteiger partial charge on any atom is -0.0819 e. The van der Waals surface area contributed by atoms with Crippen molar-refractivity contribution in [2.75, 3.05) is 0 Å². The Morgan fingerprint density at radius 3 is 2.11 bits per heavy atom. The SMILES string of the molecule is BC(=[CH])c1ccccc1. The van der Waals surface area contributed by atoms with Crippen LogP contribution in [-0.2, 0) is 0 Å². The first-order valence-corrected chi connectivity index (χ1v) is 2.95. The van der Waals surface area contributed by atoms with Crippen LogP contribution in [0.15, 0.2) is 30.3 Å². The van der Waals surface area contributed by atoms with Gasteiger partial charge in [0.25, 0.3) is 0 Å². The molecule has 0 aliphatic heterocycles. The molecule has 1 rings (SSSR count). The first-order valence-electron chi connectivity index (χ1n) is 2.95. The summed E-state index contributed by atoms with van der Waals surface area (Å²) < 4.78 is 0. The minimum atomic E-state index is 0.871. The molecule has 1 aromatic rings. The molecule has 1 radical (unpaired) electrons. The van der Waals surface area contributed by atoms with Crippen molar-refractivity contribution in [3.63, 3.8) is 0 Å². The van der Waals surface area contributed by atoms with E-state index in [0.717, 1.165) is 11.0 Å². The fourth-order valence-electron chi connectivity index (χ4n) is 0.701. The molecule has 0 heterocycles. The monoisotopic (exact) mass is 115 g/mol. The van der Waals surface area contributed by atoms with Crippen LogP contribution in [0.1, 0.15) is 5.56 Å². The fraction of sp³-hybridized carbons (Fsp3) is 0. The van der Waals surface area contributed by atoms with Gasteiger partial charge in [-0.25, -0.2) is 0 Å². The summed E-state index contributed by atoms with van der Waals surface area (Å²) in [6.45, 7) is 5.53. The Labute approximate surface area is 56.6 Å². The lowest BCUT2D eigenvalue weighted by Gasteiger charge is -1.94. The van der Waals surface area contributed by atoms with E-state index in [0.29, 0.717) is 0 Å². The second-order valence-corrected chi connectivity index (χ2v) is 2.05. The van der Waals surface area contributed by atoms with E-state index in [1.165, 1.54) is 0 Å². The normalized spacial score (nSPS) is 8.89. The highest BCUT2D eigenvalue weighted by Gasteiger charge is 1.86. The molecule has 0 saturated heterocycles. The molecule has 0 N–H and O–H groups in total. The standard InChI is InChI=1S/C8H8B/c1-7(9)8-5-3-2-4-6-8/h1-6H,9H2. The fourth-order valence-corrected chi connectivity index (χ4v) is 0.701. The first-order chi connectivity index (χ1) is 4.30. The van der Waals surface area contributed by atoms with E-state index in [4.69, 9.17) is 6.58 Å². The molecule has 43 valence electrons. The maximum atomic E-state index is 5.53. The van der Waals surface area contributed by atoms with Crippen LogP contribution in [0.4, 0.5) is 0 Å². The van der Waals surface area contributed by atoms with Crippen LogP contribution in [0.25, 0.3) is 5.47 Å². The van der Waals surface area contributed by atoms with Gasteiger partial charge in [-0.2, -0.15) is 0 Å². The van der Waals surface area contributed by atoms with E-state index in [-0.39, 0.29) is 0 Å². The molecule has 0 nitrogen and oxygen atoms in total. The summed E-state index contributed by atoms with van der Waals surface area (Å²) in [5.41, 5.74) is 1.98. The van der Waals surface area contributed by atoms with Crippen molar-refractivity contribution in [2.45, 2.75) is 0 Å². The van der Waals surface area contributed by atoms with Gasteiger partial charge < -0.3 is 0 Å². The highest BCUT2D eigenvalue weighted by Crippen LogP contribution is 2.05. The lowest BCUT2D eigenvalue weighted by Crippen LogP contribution is -1.77. The van der Waals surface area contributed by atoms with Crippen molar-refractivity contribution in [1.29, 1.82) is 0 Å². The van der Waals surface area contributed by atoms with Gasteiger partial charge in [0.2, 0.25) is 0 Å². The van der Waals surface area contributed by atoms with Gasteiger partial charge in [0.05, 0.1) is 0 Å². The molecule has 0 amide bonds. The Hall–Kier alpha value is -0.975. The quantitative estimate of drug-likeness (QED) is 0.480. The second kappa shape index (κ2) is 2.54. The molecular weight excluding hydrogens is 107 g/mol. The molecule has 0 aliphatic carbocycles. The van der Waals surface area contributed by atoms with Gasteiger partial charge in [0, 0.05) is 0 Å². The molecule has 1 heteroatoms. The maximum absolute atomic E-state index is 5.53. The zero-order valence-corrected chi connectivity index (χ0v) is 5.46. The first kappa shape index (κ1) is 6.15. The van der Waals surface area contributed by atoms with E-state index >= 15 is 0 Å². The summed E-state index contributed by atoms with van der Waals surface area (Å²) in [5, 5.41) is 0. The summed E-state index contributed by atoms with van der Waals surface area (Å²) in [7, 11) is 1.90. The Kier molecular flexibility index (Phi) is 1.73. The van der Waals surface area contributed by atoms with E-state index in [9.17, 15) is 0 Å². The Balaban J connectivity index is 2.98. The molecule has 0 atom stereocenters. The smallest absolute Gasteiger partial charge is 0.0819 e. The molecule has 0 saturated carbocycles. The Morgan fingerprint density at radius 1 is 1.22 bits per heavy atom. The zero-order chi connectivity index (χ0) is 6.69. The van der Waals surface area contributed by atoms with Gasteiger partial charge in [0.15, 0.2) is 0 Å². The predicted octanol–water partition coefficient (Wildman–Crippen LogP) is 1.09. The zero-order valence-electron chi connectivity index (χ0n) is 5.46. The number of rotatable bonds is 1. The minimum absolute atomic E-state index is 0.871. The third kappa shape index (κ3) is 1.46. The molecule has 1 aromatic carbocycles. The maximum Gasteiger partial charge on any atom is 0.140 e. The van der Waals surface area contributed by atoms with Crippen LogP contribution in [0, 0.1) is 6.58 Å². The van der Waals surface area contributed by atoms with E-state index in [1.54, 1.807) is 0 Å². The predicted molar refractivity (Wildman–Crippen MR) is 42.7 cm³/mol. The van der Waals surface area contributed by atoms with Crippen molar-refractivity contribution in [3.05, 3.63) is 42.5 Å². The molecule has 0 fully saturated rings. The number of hydrogen-bond acceptors (Lipinski definition) is 0. The summed E-state index contributed by atoms with van der Waals surface area (Å²) in [6, 6.07) is 9.93. The number of benzene rings is 1. The van der Waals surface area contributed by atoms with Gasteiger partial charge in [-0.1, -0.05) is 42.4 Å². The summed E-state index contributed by atoms with van der Waals surface area (Å²) >= 11 is 0. The van der Waals surface area contributed by atoms with E-state index in [1.807, 2.05) is 38.2 Å².